The Labute approximate surface area is 180 Å². The number of aromatic nitrogens is 3. The maximum absolute atomic E-state index is 12.4. The molecule has 1 aromatic carbocycles. The normalized spacial score (nSPS) is 17.7. The van der Waals surface area contributed by atoms with Crippen LogP contribution in [0.4, 0.5) is 19.3 Å². The fourth-order valence-corrected chi connectivity index (χ4v) is 4.15. The molecule has 1 aliphatic heterocycles. The lowest BCUT2D eigenvalue weighted by Gasteiger charge is -2.16. The number of cyclic esters (lactones) is 1. The Bertz CT molecular complexity index is 1160. The summed E-state index contributed by atoms with van der Waals surface area (Å²) in [5.74, 6) is -0.757. The zero-order chi connectivity index (χ0) is 22.2. The fourth-order valence-electron chi connectivity index (χ4n) is 4.15. The van der Waals surface area contributed by atoms with E-state index in [-0.39, 0.29) is 13.1 Å². The molecule has 1 aliphatic carbocycles. The molecule has 2 amide bonds. The van der Waals surface area contributed by atoms with Gasteiger partial charge in [0.2, 0.25) is 0 Å². The third-order valence-electron chi connectivity index (χ3n) is 5.66. The van der Waals surface area contributed by atoms with Gasteiger partial charge < -0.3 is 14.6 Å². The molecular weight excluding hydrogens is 424 g/mol. The van der Waals surface area contributed by atoms with Crippen LogP contribution in [0.25, 0.3) is 22.7 Å². The SMILES string of the molecule is O=C(NC[C@H]1CN(c2ccc3c(c2)CCCc2c-3n[nH]c2-c2ccno2)C(=O)O1)C(F)F. The highest BCUT2D eigenvalue weighted by atomic mass is 19.3. The van der Waals surface area contributed by atoms with Crippen molar-refractivity contribution in [2.75, 3.05) is 18.0 Å². The van der Waals surface area contributed by atoms with Crippen molar-refractivity contribution in [2.24, 2.45) is 0 Å². The van der Waals surface area contributed by atoms with Gasteiger partial charge in [0.1, 0.15) is 11.8 Å². The number of nitrogens with zero attached hydrogens (tertiary/aromatic N) is 3. The monoisotopic (exact) mass is 443 g/mol. The number of aryl methyl sites for hydroxylation is 1. The molecule has 2 N–H and O–H groups in total. The third-order valence-corrected chi connectivity index (χ3v) is 5.66. The molecule has 11 heteroatoms. The van der Waals surface area contributed by atoms with Crippen LogP contribution in [0.15, 0.2) is 35.0 Å². The summed E-state index contributed by atoms with van der Waals surface area (Å²) >= 11 is 0. The van der Waals surface area contributed by atoms with E-state index in [0.717, 1.165) is 47.3 Å². The Balaban J connectivity index is 1.37. The molecule has 3 heterocycles. The first-order valence-electron chi connectivity index (χ1n) is 10.2. The number of carbonyl (C=O) groups excluding carboxylic acids is 2. The summed E-state index contributed by atoms with van der Waals surface area (Å²) in [7, 11) is 0. The largest absolute Gasteiger partial charge is 0.442 e. The van der Waals surface area contributed by atoms with E-state index in [1.54, 1.807) is 18.3 Å². The molecule has 1 fully saturated rings. The molecule has 9 nitrogen and oxygen atoms in total. The lowest BCUT2D eigenvalue weighted by atomic mass is 10.0. The van der Waals surface area contributed by atoms with Gasteiger partial charge in [-0.1, -0.05) is 11.2 Å². The lowest BCUT2D eigenvalue weighted by Crippen LogP contribution is -2.37. The third kappa shape index (κ3) is 3.59. The van der Waals surface area contributed by atoms with Crippen LogP contribution in [0.5, 0.6) is 0 Å². The number of carbonyl (C=O) groups is 2. The number of alkyl halides is 2. The number of rotatable bonds is 5. The van der Waals surface area contributed by atoms with Crippen LogP contribution in [0.3, 0.4) is 0 Å². The van der Waals surface area contributed by atoms with Crippen molar-refractivity contribution in [1.29, 1.82) is 0 Å². The smallest absolute Gasteiger partial charge is 0.414 e. The van der Waals surface area contributed by atoms with Crippen molar-refractivity contribution in [3.63, 3.8) is 0 Å². The Hall–Kier alpha value is -3.76. The van der Waals surface area contributed by atoms with Crippen LogP contribution in [-0.4, -0.2) is 53.0 Å². The average molecular weight is 443 g/mol. The second-order valence-corrected chi connectivity index (χ2v) is 7.66. The average Bonchev–Trinajstić information content (AvgIpc) is 3.50. The van der Waals surface area contributed by atoms with Gasteiger partial charge in [-0.25, -0.2) is 4.79 Å². The van der Waals surface area contributed by atoms with E-state index in [2.05, 4.69) is 20.7 Å². The van der Waals surface area contributed by atoms with Crippen LogP contribution in [0, 0.1) is 0 Å². The van der Waals surface area contributed by atoms with Crippen molar-refractivity contribution in [1.82, 2.24) is 20.7 Å². The molecule has 32 heavy (non-hydrogen) atoms. The Morgan fingerprint density at radius 2 is 2.19 bits per heavy atom. The van der Waals surface area contributed by atoms with Gasteiger partial charge in [-0.2, -0.15) is 13.9 Å². The maximum atomic E-state index is 12.4. The number of H-pyrrole nitrogens is 1. The summed E-state index contributed by atoms with van der Waals surface area (Å²) in [6.45, 7) is -0.0121. The zero-order valence-electron chi connectivity index (χ0n) is 16.8. The van der Waals surface area contributed by atoms with Crippen molar-refractivity contribution >= 4 is 17.7 Å². The number of halogens is 2. The van der Waals surface area contributed by atoms with Crippen LogP contribution >= 0.6 is 0 Å². The predicted octanol–water partition coefficient (Wildman–Crippen LogP) is 2.93. The van der Waals surface area contributed by atoms with Crippen LogP contribution in [-0.2, 0) is 22.4 Å². The second kappa shape index (κ2) is 8.06. The van der Waals surface area contributed by atoms with Gasteiger partial charge in [0.25, 0.3) is 5.91 Å². The summed E-state index contributed by atoms with van der Waals surface area (Å²) in [5, 5.41) is 13.4. The highest BCUT2D eigenvalue weighted by molar-refractivity contribution is 5.91. The number of hydrogen-bond acceptors (Lipinski definition) is 6. The van der Waals surface area contributed by atoms with Gasteiger partial charge >= 0.3 is 12.5 Å². The van der Waals surface area contributed by atoms with E-state index < -0.39 is 24.5 Å². The number of aromatic amines is 1. The molecule has 3 aromatic rings. The summed E-state index contributed by atoms with van der Waals surface area (Å²) in [5.41, 5.74) is 5.36. The van der Waals surface area contributed by atoms with E-state index in [4.69, 9.17) is 9.26 Å². The number of amides is 2. The van der Waals surface area contributed by atoms with E-state index in [9.17, 15) is 18.4 Å². The first kappa shape index (κ1) is 20.2. The Morgan fingerprint density at radius 1 is 1.31 bits per heavy atom. The number of anilines is 1. The quantitative estimate of drug-likeness (QED) is 0.627. The standard InChI is InChI=1S/C21H19F2N5O4/c22-19(23)20(29)24-9-13-10-28(21(30)31-13)12-4-5-14-11(8-12)2-1-3-15-17(14)26-27-18(15)16-6-7-25-32-16/h4-8,13,19H,1-3,9-10H2,(H,24,29)(H,26,27)/t13-/m0/s1. The second-order valence-electron chi connectivity index (χ2n) is 7.66. The van der Waals surface area contributed by atoms with Gasteiger partial charge in [0.15, 0.2) is 5.76 Å². The van der Waals surface area contributed by atoms with Gasteiger partial charge in [-0.05, 0) is 37.0 Å². The van der Waals surface area contributed by atoms with Crippen molar-refractivity contribution < 1.29 is 27.6 Å². The predicted molar refractivity (Wildman–Crippen MR) is 108 cm³/mol. The molecule has 2 aromatic heterocycles. The molecule has 0 bridgehead atoms. The molecule has 0 saturated carbocycles. The minimum absolute atomic E-state index is 0.157. The number of benzene rings is 1. The number of nitrogens with one attached hydrogen (secondary N) is 2. The first-order chi connectivity index (χ1) is 15.5. The molecule has 2 aliphatic rings. The minimum Gasteiger partial charge on any atom is -0.442 e. The topological polar surface area (TPSA) is 113 Å². The first-order valence-corrected chi connectivity index (χ1v) is 10.2. The molecular formula is C21H19F2N5O4. The Kier molecular flexibility index (Phi) is 5.08. The minimum atomic E-state index is -3.11. The van der Waals surface area contributed by atoms with Crippen LogP contribution < -0.4 is 10.2 Å². The molecule has 1 atom stereocenters. The Morgan fingerprint density at radius 3 is 2.97 bits per heavy atom. The van der Waals surface area contributed by atoms with Crippen molar-refractivity contribution in [3.05, 3.63) is 41.6 Å². The molecule has 166 valence electrons. The van der Waals surface area contributed by atoms with Gasteiger partial charge in [-0.3, -0.25) is 14.8 Å². The molecule has 0 radical (unpaired) electrons. The van der Waals surface area contributed by atoms with E-state index in [1.165, 1.54) is 4.90 Å². The number of hydrogen-bond donors (Lipinski definition) is 2. The summed E-state index contributed by atoms with van der Waals surface area (Å²) in [6.07, 6.45) is -0.313. The van der Waals surface area contributed by atoms with E-state index in [1.807, 2.05) is 12.1 Å². The molecule has 5 rings (SSSR count). The molecule has 0 spiro atoms. The lowest BCUT2D eigenvalue weighted by molar-refractivity contribution is -0.132. The summed E-state index contributed by atoms with van der Waals surface area (Å²) < 4.78 is 35.2. The van der Waals surface area contributed by atoms with Crippen LogP contribution in [0.2, 0.25) is 0 Å². The van der Waals surface area contributed by atoms with E-state index in [0.29, 0.717) is 11.4 Å². The molecule has 0 unspecified atom stereocenters. The maximum Gasteiger partial charge on any atom is 0.414 e. The van der Waals surface area contributed by atoms with Crippen molar-refractivity contribution in [3.8, 4) is 22.7 Å². The van der Waals surface area contributed by atoms with Crippen LogP contribution in [0.1, 0.15) is 17.5 Å². The number of fused-ring (bicyclic) bond motifs is 3. The zero-order valence-corrected chi connectivity index (χ0v) is 16.8. The van der Waals surface area contributed by atoms with Gasteiger partial charge in [0, 0.05) is 22.9 Å². The number of ether oxygens (including phenoxy) is 1. The summed E-state index contributed by atoms with van der Waals surface area (Å²) in [6, 6.07) is 7.42. The highest BCUT2D eigenvalue weighted by Gasteiger charge is 2.34. The van der Waals surface area contributed by atoms with Gasteiger partial charge in [0.05, 0.1) is 25.0 Å². The summed E-state index contributed by atoms with van der Waals surface area (Å²) in [4.78, 5) is 24.9. The molecule has 1 saturated heterocycles. The van der Waals surface area contributed by atoms with Gasteiger partial charge in [-0.15, -0.1) is 0 Å². The van der Waals surface area contributed by atoms with Crippen molar-refractivity contribution in [2.45, 2.75) is 31.8 Å². The highest BCUT2D eigenvalue weighted by Crippen LogP contribution is 2.38. The fraction of sp³-hybridized carbons (Fsp3) is 0.333. The van der Waals surface area contributed by atoms with E-state index >= 15 is 0 Å².